The maximum atomic E-state index is 10.2. The fourth-order valence-corrected chi connectivity index (χ4v) is 3.82. The first-order valence-electron chi connectivity index (χ1n) is 9.79. The third-order valence-corrected chi connectivity index (χ3v) is 5.20. The van der Waals surface area contributed by atoms with Gasteiger partial charge in [0, 0.05) is 19.0 Å². The first-order chi connectivity index (χ1) is 13.2. The van der Waals surface area contributed by atoms with Gasteiger partial charge in [0.15, 0.2) is 11.5 Å². The molecule has 0 radical (unpaired) electrons. The normalized spacial score (nSPS) is 18.3. The smallest absolute Gasteiger partial charge is 0.200 e. The molecular formula is C21H30N2O4. The Kier molecular flexibility index (Phi) is 6.61. The van der Waals surface area contributed by atoms with Gasteiger partial charge in [-0.3, -0.25) is 4.90 Å². The zero-order valence-corrected chi connectivity index (χ0v) is 16.5. The molecule has 2 heterocycles. The first kappa shape index (κ1) is 19.5. The monoisotopic (exact) mass is 374 g/mol. The van der Waals surface area contributed by atoms with Gasteiger partial charge in [0.25, 0.3) is 0 Å². The van der Waals surface area contributed by atoms with E-state index in [2.05, 4.69) is 23.0 Å². The molecule has 1 atom stereocenters. The highest BCUT2D eigenvalue weighted by atomic mass is 16.5. The Morgan fingerprint density at radius 1 is 1.15 bits per heavy atom. The van der Waals surface area contributed by atoms with Crippen LogP contribution in [0.3, 0.4) is 0 Å². The molecule has 0 spiro atoms. The molecule has 1 aromatic carbocycles. The number of phenols is 1. The number of rotatable bonds is 7. The van der Waals surface area contributed by atoms with Gasteiger partial charge in [0.2, 0.25) is 5.75 Å². The summed E-state index contributed by atoms with van der Waals surface area (Å²) in [6.45, 7) is 3.89. The second kappa shape index (κ2) is 9.13. The van der Waals surface area contributed by atoms with Crippen molar-refractivity contribution >= 4 is 0 Å². The average molecular weight is 374 g/mol. The number of hydrogen-bond donors (Lipinski definition) is 1. The van der Waals surface area contributed by atoms with E-state index in [4.69, 9.17) is 14.0 Å². The van der Waals surface area contributed by atoms with Gasteiger partial charge < -0.3 is 19.1 Å². The lowest BCUT2D eigenvalue weighted by Gasteiger charge is -2.28. The van der Waals surface area contributed by atoms with Crippen LogP contribution in [0.25, 0.3) is 0 Å². The summed E-state index contributed by atoms with van der Waals surface area (Å²) in [6, 6.07) is 6.12. The molecule has 1 unspecified atom stereocenters. The van der Waals surface area contributed by atoms with Gasteiger partial charge in [-0.2, -0.15) is 0 Å². The molecule has 6 nitrogen and oxygen atoms in total. The van der Waals surface area contributed by atoms with E-state index in [1.807, 2.05) is 12.1 Å². The number of phenolic OH excluding ortho intramolecular Hbond substituents is 1. The van der Waals surface area contributed by atoms with E-state index in [0.29, 0.717) is 11.5 Å². The number of aromatic hydroxyl groups is 1. The largest absolute Gasteiger partial charge is 0.502 e. The molecule has 0 amide bonds. The summed E-state index contributed by atoms with van der Waals surface area (Å²) < 4.78 is 16.2. The number of nitrogens with zero attached hydrogens (tertiary/aromatic N) is 2. The van der Waals surface area contributed by atoms with E-state index in [1.165, 1.54) is 19.3 Å². The minimum absolute atomic E-state index is 0.0388. The first-order valence-corrected chi connectivity index (χ1v) is 9.79. The topological polar surface area (TPSA) is 68.0 Å². The van der Waals surface area contributed by atoms with Gasteiger partial charge in [-0.15, -0.1) is 0 Å². The van der Waals surface area contributed by atoms with Crippen molar-refractivity contribution in [2.45, 2.75) is 58.0 Å². The Labute approximate surface area is 161 Å². The number of benzene rings is 1. The highest BCUT2D eigenvalue weighted by Crippen LogP contribution is 2.38. The number of aromatic nitrogens is 1. The van der Waals surface area contributed by atoms with Crippen molar-refractivity contribution < 1.29 is 19.1 Å². The van der Waals surface area contributed by atoms with Crippen LogP contribution in [0.15, 0.2) is 22.7 Å². The Morgan fingerprint density at radius 2 is 1.89 bits per heavy atom. The Morgan fingerprint density at radius 3 is 2.56 bits per heavy atom. The van der Waals surface area contributed by atoms with Crippen LogP contribution in [0, 0.1) is 0 Å². The zero-order valence-electron chi connectivity index (χ0n) is 16.5. The van der Waals surface area contributed by atoms with Crippen LogP contribution in [0.4, 0.5) is 0 Å². The lowest BCUT2D eigenvalue weighted by atomic mass is 10.0. The molecule has 148 valence electrons. The number of likely N-dealkylation sites (tertiary alicyclic amines) is 1. The molecule has 0 saturated carbocycles. The molecule has 3 rings (SSSR count). The second-order valence-corrected chi connectivity index (χ2v) is 7.15. The van der Waals surface area contributed by atoms with E-state index >= 15 is 0 Å². The minimum atomic E-state index is 0.0388. The van der Waals surface area contributed by atoms with Crippen molar-refractivity contribution in [3.8, 4) is 17.2 Å². The fraction of sp³-hybridized carbons (Fsp3) is 0.571. The standard InChI is InChI=1S/C21H30N2O4/c1-4-8-16-13-17(22-27-16)18-9-6-5-7-10-23(18)14-15-11-19(25-2)21(24)20(12-15)26-3/h11-13,18,24H,4-10,14H2,1-3H3. The summed E-state index contributed by atoms with van der Waals surface area (Å²) in [5.74, 6) is 1.87. The molecule has 2 aromatic rings. The predicted octanol–water partition coefficient (Wildman–Crippen LogP) is 4.47. The van der Waals surface area contributed by atoms with Crippen molar-refractivity contribution in [1.29, 1.82) is 0 Å². The van der Waals surface area contributed by atoms with Crippen LogP contribution in [0.2, 0.25) is 0 Å². The summed E-state index contributed by atoms with van der Waals surface area (Å²) >= 11 is 0. The maximum absolute atomic E-state index is 10.2. The predicted molar refractivity (Wildman–Crippen MR) is 103 cm³/mol. The van der Waals surface area contributed by atoms with Gasteiger partial charge in [0.1, 0.15) is 11.5 Å². The molecule has 1 fully saturated rings. The van der Waals surface area contributed by atoms with Gasteiger partial charge in [0.05, 0.1) is 20.3 Å². The molecule has 1 aromatic heterocycles. The summed E-state index contributed by atoms with van der Waals surface area (Å²) in [5, 5.41) is 14.5. The van der Waals surface area contributed by atoms with Gasteiger partial charge >= 0.3 is 0 Å². The van der Waals surface area contributed by atoms with Crippen LogP contribution in [-0.2, 0) is 13.0 Å². The van der Waals surface area contributed by atoms with Crippen LogP contribution < -0.4 is 9.47 Å². The lowest BCUT2D eigenvalue weighted by Crippen LogP contribution is -2.28. The van der Waals surface area contributed by atoms with Crippen LogP contribution in [0.5, 0.6) is 17.2 Å². The van der Waals surface area contributed by atoms with Crippen molar-refractivity contribution in [3.63, 3.8) is 0 Å². The molecular weight excluding hydrogens is 344 g/mol. The van der Waals surface area contributed by atoms with Crippen molar-refractivity contribution in [2.75, 3.05) is 20.8 Å². The van der Waals surface area contributed by atoms with Crippen LogP contribution in [-0.4, -0.2) is 35.9 Å². The van der Waals surface area contributed by atoms with Crippen LogP contribution in [0.1, 0.15) is 62.1 Å². The summed E-state index contributed by atoms with van der Waals surface area (Å²) in [4.78, 5) is 2.45. The molecule has 27 heavy (non-hydrogen) atoms. The van der Waals surface area contributed by atoms with E-state index in [9.17, 15) is 5.11 Å². The highest BCUT2D eigenvalue weighted by Gasteiger charge is 2.26. The number of aryl methyl sites for hydroxylation is 1. The van der Waals surface area contributed by atoms with Gasteiger partial charge in [-0.05, 0) is 43.5 Å². The number of ether oxygens (including phenoxy) is 2. The number of methoxy groups -OCH3 is 2. The third-order valence-electron chi connectivity index (χ3n) is 5.20. The lowest BCUT2D eigenvalue weighted by molar-refractivity contribution is 0.183. The van der Waals surface area contributed by atoms with E-state index in [1.54, 1.807) is 14.2 Å². The van der Waals surface area contributed by atoms with E-state index in [0.717, 1.165) is 49.4 Å². The maximum Gasteiger partial charge on any atom is 0.200 e. The summed E-state index contributed by atoms with van der Waals surface area (Å²) in [6.07, 6.45) is 6.64. The van der Waals surface area contributed by atoms with Gasteiger partial charge in [-0.1, -0.05) is 24.9 Å². The van der Waals surface area contributed by atoms with Gasteiger partial charge in [-0.25, -0.2) is 0 Å². The summed E-state index contributed by atoms with van der Waals surface area (Å²) in [7, 11) is 3.11. The molecule has 0 bridgehead atoms. The second-order valence-electron chi connectivity index (χ2n) is 7.15. The molecule has 1 aliphatic heterocycles. The Bertz CT molecular complexity index is 719. The quantitative estimate of drug-likeness (QED) is 0.771. The summed E-state index contributed by atoms with van der Waals surface area (Å²) in [5.41, 5.74) is 2.07. The highest BCUT2D eigenvalue weighted by molar-refractivity contribution is 5.52. The van der Waals surface area contributed by atoms with Crippen molar-refractivity contribution in [1.82, 2.24) is 10.1 Å². The Hall–Kier alpha value is -2.21. The molecule has 1 saturated heterocycles. The number of hydrogen-bond acceptors (Lipinski definition) is 6. The van der Waals surface area contributed by atoms with E-state index < -0.39 is 0 Å². The molecule has 1 aliphatic rings. The average Bonchev–Trinajstić information content (AvgIpc) is 3.01. The SMILES string of the molecule is CCCc1cc(C2CCCCCN2Cc2cc(OC)c(O)c(OC)c2)no1. The molecule has 0 aliphatic carbocycles. The van der Waals surface area contributed by atoms with Crippen LogP contribution >= 0.6 is 0 Å². The third kappa shape index (κ3) is 4.56. The fourth-order valence-electron chi connectivity index (χ4n) is 3.82. The van der Waals surface area contributed by atoms with Crippen molar-refractivity contribution in [2.24, 2.45) is 0 Å². The molecule has 6 heteroatoms. The minimum Gasteiger partial charge on any atom is -0.502 e. The zero-order chi connectivity index (χ0) is 19.2. The molecule has 1 N–H and O–H groups in total. The van der Waals surface area contributed by atoms with E-state index in [-0.39, 0.29) is 11.8 Å². The Balaban J connectivity index is 1.85. The van der Waals surface area contributed by atoms with Crippen molar-refractivity contribution in [3.05, 3.63) is 35.2 Å².